The molecule has 0 aliphatic carbocycles. The van der Waals surface area contributed by atoms with E-state index >= 15 is 0 Å². The van der Waals surface area contributed by atoms with Crippen LogP contribution in [-0.2, 0) is 4.79 Å². The number of hydrogen-bond acceptors (Lipinski definition) is 5. The molecule has 0 bridgehead atoms. The lowest BCUT2D eigenvalue weighted by molar-refractivity contribution is -0.143. The summed E-state index contributed by atoms with van der Waals surface area (Å²) in [6.45, 7) is 1.33. The molecule has 156 valence electrons. The fourth-order valence-corrected chi connectivity index (χ4v) is 4.35. The summed E-state index contributed by atoms with van der Waals surface area (Å²) in [7, 11) is 3.28. The third-order valence-electron chi connectivity index (χ3n) is 5.88. The van der Waals surface area contributed by atoms with Crippen molar-refractivity contribution in [3.8, 4) is 11.5 Å². The molecule has 2 unspecified atom stereocenters. The zero-order chi connectivity index (χ0) is 21.1. The van der Waals surface area contributed by atoms with E-state index in [1.165, 1.54) is 0 Å². The van der Waals surface area contributed by atoms with Gasteiger partial charge in [0.1, 0.15) is 11.5 Å². The van der Waals surface area contributed by atoms with Crippen LogP contribution < -0.4 is 9.47 Å². The van der Waals surface area contributed by atoms with Crippen LogP contribution in [0, 0.1) is 5.92 Å². The second kappa shape index (κ2) is 8.71. The second-order valence-corrected chi connectivity index (χ2v) is 7.67. The van der Waals surface area contributed by atoms with Crippen LogP contribution >= 0.6 is 0 Å². The maximum atomic E-state index is 11.7. The Kier molecular flexibility index (Phi) is 5.86. The van der Waals surface area contributed by atoms with Gasteiger partial charge in [0.15, 0.2) is 0 Å². The first-order valence-corrected chi connectivity index (χ1v) is 10.1. The van der Waals surface area contributed by atoms with Gasteiger partial charge in [-0.25, -0.2) is 0 Å². The number of rotatable bonds is 6. The highest BCUT2D eigenvalue weighted by atomic mass is 16.5. The Hall–Kier alpha value is -3.12. The van der Waals surface area contributed by atoms with E-state index in [0.29, 0.717) is 13.0 Å². The first kappa shape index (κ1) is 20.2. The topological polar surface area (TPSA) is 71.9 Å². The van der Waals surface area contributed by atoms with Gasteiger partial charge >= 0.3 is 5.97 Å². The van der Waals surface area contributed by atoms with Crippen molar-refractivity contribution in [2.75, 3.05) is 27.3 Å². The number of benzene rings is 2. The van der Waals surface area contributed by atoms with E-state index in [4.69, 9.17) is 9.47 Å². The molecule has 0 spiro atoms. The van der Waals surface area contributed by atoms with Crippen LogP contribution in [0.5, 0.6) is 11.5 Å². The quantitative estimate of drug-likeness (QED) is 0.663. The van der Waals surface area contributed by atoms with Crippen molar-refractivity contribution in [2.24, 2.45) is 5.92 Å². The van der Waals surface area contributed by atoms with Crippen LogP contribution in [0.3, 0.4) is 0 Å². The number of fused-ring (bicyclic) bond motifs is 1. The van der Waals surface area contributed by atoms with E-state index in [1.807, 2.05) is 30.5 Å². The highest BCUT2D eigenvalue weighted by Crippen LogP contribution is 2.39. The Morgan fingerprint density at radius 2 is 2.00 bits per heavy atom. The number of aliphatic carboxylic acids is 1. The highest BCUT2D eigenvalue weighted by molar-refractivity contribution is 5.82. The molecule has 0 radical (unpaired) electrons. The van der Waals surface area contributed by atoms with Crippen molar-refractivity contribution in [3.05, 3.63) is 66.0 Å². The fraction of sp³-hybridized carbons (Fsp3) is 0.333. The van der Waals surface area contributed by atoms with Crippen LogP contribution in [0.4, 0.5) is 0 Å². The number of carboxylic acid groups (broad SMARTS) is 1. The number of aromatic nitrogens is 1. The van der Waals surface area contributed by atoms with Gasteiger partial charge in [-0.15, -0.1) is 0 Å². The molecule has 4 rings (SSSR count). The van der Waals surface area contributed by atoms with Crippen molar-refractivity contribution in [2.45, 2.75) is 18.9 Å². The lowest BCUT2D eigenvalue weighted by atomic mass is 9.90. The number of ether oxygens (including phenoxy) is 2. The normalized spacial score (nSPS) is 18.1. The van der Waals surface area contributed by atoms with Gasteiger partial charge in [0.05, 0.1) is 26.2 Å². The average Bonchev–Trinajstić information content (AvgIpc) is 2.79. The van der Waals surface area contributed by atoms with E-state index in [1.54, 1.807) is 20.4 Å². The van der Waals surface area contributed by atoms with E-state index in [-0.39, 0.29) is 12.0 Å². The maximum absolute atomic E-state index is 11.7. The van der Waals surface area contributed by atoms with Gasteiger partial charge in [-0.1, -0.05) is 12.1 Å². The Balaban J connectivity index is 1.83. The molecule has 1 fully saturated rings. The summed E-state index contributed by atoms with van der Waals surface area (Å²) in [6, 6.07) is 14.0. The van der Waals surface area contributed by atoms with Crippen molar-refractivity contribution in [1.29, 1.82) is 0 Å². The number of carboxylic acids is 1. The number of likely N-dealkylation sites (tertiary alicyclic amines) is 1. The molecule has 0 saturated carbocycles. The molecule has 1 aliphatic heterocycles. The van der Waals surface area contributed by atoms with Gasteiger partial charge in [0, 0.05) is 36.0 Å². The number of hydrogen-bond donors (Lipinski definition) is 1. The largest absolute Gasteiger partial charge is 0.497 e. The summed E-state index contributed by atoms with van der Waals surface area (Å²) in [6.07, 6.45) is 5.20. The van der Waals surface area contributed by atoms with Crippen LogP contribution in [0.2, 0.25) is 0 Å². The molecule has 1 aromatic heterocycles. The number of carbonyl (C=O) groups is 1. The second-order valence-electron chi connectivity index (χ2n) is 7.67. The Bertz CT molecular complexity index is 1050. The number of pyridine rings is 1. The maximum Gasteiger partial charge on any atom is 0.307 e. The SMILES string of the molecule is COc1ccc(C(c2ccc3cnccc3c2)N2CCCC(C(=O)O)C2)c(OC)c1. The Labute approximate surface area is 176 Å². The van der Waals surface area contributed by atoms with Crippen LogP contribution in [0.1, 0.15) is 30.0 Å². The van der Waals surface area contributed by atoms with Gasteiger partial charge in [-0.05, 0) is 54.6 Å². The van der Waals surface area contributed by atoms with Crippen molar-refractivity contribution < 1.29 is 19.4 Å². The molecule has 2 aromatic carbocycles. The first-order valence-electron chi connectivity index (χ1n) is 10.1. The predicted octanol–water partition coefficient (Wildman–Crippen LogP) is 4.14. The number of methoxy groups -OCH3 is 2. The van der Waals surface area contributed by atoms with Crippen molar-refractivity contribution in [3.63, 3.8) is 0 Å². The van der Waals surface area contributed by atoms with Crippen molar-refractivity contribution in [1.82, 2.24) is 9.88 Å². The van der Waals surface area contributed by atoms with E-state index in [2.05, 4.69) is 28.1 Å². The standard InChI is InChI=1S/C24H26N2O4/c1-29-20-7-8-21(22(13-20)30-2)23(26-11-3-4-19(15-26)24(27)28)17-5-6-18-14-25-10-9-16(18)12-17/h5-10,12-14,19,23H,3-4,11,15H2,1-2H3,(H,27,28). The van der Waals surface area contributed by atoms with E-state index in [9.17, 15) is 9.90 Å². The molecule has 1 aliphatic rings. The molecule has 1 N–H and O–H groups in total. The molecule has 0 amide bonds. The fourth-order valence-electron chi connectivity index (χ4n) is 4.35. The predicted molar refractivity (Wildman–Crippen MR) is 115 cm³/mol. The molecular weight excluding hydrogens is 380 g/mol. The van der Waals surface area contributed by atoms with Gasteiger partial charge < -0.3 is 14.6 Å². The molecule has 2 heterocycles. The lowest BCUT2D eigenvalue weighted by Crippen LogP contribution is -2.41. The molecule has 30 heavy (non-hydrogen) atoms. The molecule has 6 nitrogen and oxygen atoms in total. The van der Waals surface area contributed by atoms with Gasteiger partial charge in [0.2, 0.25) is 0 Å². The zero-order valence-electron chi connectivity index (χ0n) is 17.2. The number of piperidine rings is 1. The summed E-state index contributed by atoms with van der Waals surface area (Å²) in [5, 5.41) is 11.8. The highest BCUT2D eigenvalue weighted by Gasteiger charge is 2.32. The van der Waals surface area contributed by atoms with Crippen LogP contribution in [0.15, 0.2) is 54.9 Å². The Morgan fingerprint density at radius 1 is 1.13 bits per heavy atom. The van der Waals surface area contributed by atoms with E-state index < -0.39 is 5.97 Å². The third kappa shape index (κ3) is 3.96. The van der Waals surface area contributed by atoms with Gasteiger partial charge in [-0.3, -0.25) is 14.7 Å². The zero-order valence-corrected chi connectivity index (χ0v) is 17.2. The summed E-state index contributed by atoms with van der Waals surface area (Å²) in [5.74, 6) is 0.354. The average molecular weight is 406 g/mol. The molecule has 1 saturated heterocycles. The minimum absolute atomic E-state index is 0.120. The smallest absolute Gasteiger partial charge is 0.307 e. The number of nitrogens with zero attached hydrogens (tertiary/aromatic N) is 2. The molecular formula is C24H26N2O4. The molecule has 6 heteroatoms. The molecule has 3 aromatic rings. The Morgan fingerprint density at radius 3 is 2.77 bits per heavy atom. The summed E-state index contributed by atoms with van der Waals surface area (Å²) < 4.78 is 11.1. The summed E-state index contributed by atoms with van der Waals surface area (Å²) in [4.78, 5) is 18.2. The minimum atomic E-state index is -0.732. The monoisotopic (exact) mass is 406 g/mol. The van der Waals surface area contributed by atoms with Gasteiger partial charge in [0.25, 0.3) is 0 Å². The minimum Gasteiger partial charge on any atom is -0.497 e. The van der Waals surface area contributed by atoms with Crippen molar-refractivity contribution >= 4 is 16.7 Å². The van der Waals surface area contributed by atoms with E-state index in [0.717, 1.165) is 46.4 Å². The first-order chi connectivity index (χ1) is 14.6. The summed E-state index contributed by atoms with van der Waals surface area (Å²) >= 11 is 0. The van der Waals surface area contributed by atoms with Crippen LogP contribution in [0.25, 0.3) is 10.8 Å². The lowest BCUT2D eigenvalue weighted by Gasteiger charge is -2.38. The van der Waals surface area contributed by atoms with Gasteiger partial charge in [-0.2, -0.15) is 0 Å². The third-order valence-corrected chi connectivity index (χ3v) is 5.88. The molecule has 2 atom stereocenters. The van der Waals surface area contributed by atoms with Crippen LogP contribution in [-0.4, -0.2) is 48.3 Å². The summed E-state index contributed by atoms with van der Waals surface area (Å²) in [5.41, 5.74) is 2.10.